The second kappa shape index (κ2) is 8.96. The van der Waals surface area contributed by atoms with Crippen LogP contribution in [0.25, 0.3) is 0 Å². The zero-order chi connectivity index (χ0) is 20.8. The van der Waals surface area contributed by atoms with E-state index in [9.17, 15) is 10.1 Å². The first-order valence-corrected chi connectivity index (χ1v) is 9.25. The summed E-state index contributed by atoms with van der Waals surface area (Å²) in [5.74, 6) is -0.519. The number of nitriles is 1. The molecular formula is C23H19ClN4O. The van der Waals surface area contributed by atoms with Crippen LogP contribution in [-0.2, 0) is 4.79 Å². The van der Waals surface area contributed by atoms with E-state index in [0.29, 0.717) is 16.4 Å². The van der Waals surface area contributed by atoms with E-state index in [-0.39, 0.29) is 5.57 Å². The third-order valence-electron chi connectivity index (χ3n) is 4.28. The maximum Gasteiger partial charge on any atom is 0.267 e. The number of nitrogens with one attached hydrogen (secondary N) is 1. The minimum atomic E-state index is -0.519. The van der Waals surface area contributed by atoms with Crippen LogP contribution < -0.4 is 16.0 Å². The van der Waals surface area contributed by atoms with Crippen molar-refractivity contribution in [2.24, 2.45) is 0 Å². The molecule has 6 heteroatoms. The van der Waals surface area contributed by atoms with Crippen LogP contribution in [0.15, 0.2) is 84.6 Å². The lowest BCUT2D eigenvalue weighted by Gasteiger charge is -2.21. The number of carbonyl (C=O) groups excluding carboxylic acids is 1. The molecule has 0 heterocycles. The monoisotopic (exact) mass is 402 g/mol. The molecule has 0 unspecified atom stereocenters. The van der Waals surface area contributed by atoms with E-state index in [1.54, 1.807) is 35.2 Å². The number of hydrogen-bond acceptors (Lipinski definition) is 4. The zero-order valence-corrected chi connectivity index (χ0v) is 16.5. The summed E-state index contributed by atoms with van der Waals surface area (Å²) in [5, 5.41) is 12.9. The van der Waals surface area contributed by atoms with E-state index in [2.05, 4.69) is 5.32 Å². The van der Waals surface area contributed by atoms with Gasteiger partial charge in [0, 0.05) is 34.0 Å². The van der Waals surface area contributed by atoms with Gasteiger partial charge in [-0.05, 0) is 61.0 Å². The SMILES string of the molecule is Cc1ccc(Cl)cc1NC(=O)/C(C#N)=C\N(c1ccccc1)c1ccc(N)cc1. The van der Waals surface area contributed by atoms with E-state index < -0.39 is 5.91 Å². The molecule has 5 nitrogen and oxygen atoms in total. The number of nitrogens with zero attached hydrogens (tertiary/aromatic N) is 2. The summed E-state index contributed by atoms with van der Waals surface area (Å²) in [6.45, 7) is 1.85. The average molecular weight is 403 g/mol. The Kier molecular flexibility index (Phi) is 6.18. The lowest BCUT2D eigenvalue weighted by Crippen LogP contribution is -2.18. The van der Waals surface area contributed by atoms with Crippen LogP contribution in [0.4, 0.5) is 22.7 Å². The van der Waals surface area contributed by atoms with Crippen molar-refractivity contribution in [1.29, 1.82) is 5.26 Å². The Morgan fingerprint density at radius 1 is 1.07 bits per heavy atom. The van der Waals surface area contributed by atoms with Gasteiger partial charge in [0.05, 0.1) is 0 Å². The Bertz CT molecular complexity index is 1090. The summed E-state index contributed by atoms with van der Waals surface area (Å²) in [7, 11) is 0. The molecule has 0 aliphatic heterocycles. The van der Waals surface area contributed by atoms with Crippen molar-refractivity contribution >= 4 is 40.3 Å². The fraction of sp³-hybridized carbons (Fsp3) is 0.0435. The van der Waals surface area contributed by atoms with Crippen molar-refractivity contribution in [3.8, 4) is 6.07 Å². The number of aryl methyl sites for hydroxylation is 1. The third kappa shape index (κ3) is 4.95. The second-order valence-corrected chi connectivity index (χ2v) is 6.80. The van der Waals surface area contributed by atoms with E-state index in [0.717, 1.165) is 16.9 Å². The Morgan fingerprint density at radius 3 is 2.38 bits per heavy atom. The van der Waals surface area contributed by atoms with Gasteiger partial charge in [-0.15, -0.1) is 0 Å². The second-order valence-electron chi connectivity index (χ2n) is 6.37. The summed E-state index contributed by atoms with van der Waals surface area (Å²) < 4.78 is 0. The molecule has 0 bridgehead atoms. The van der Waals surface area contributed by atoms with Gasteiger partial charge in [0.15, 0.2) is 0 Å². The van der Waals surface area contributed by atoms with Crippen molar-refractivity contribution in [2.75, 3.05) is 16.0 Å². The molecule has 0 fully saturated rings. The predicted molar refractivity (Wildman–Crippen MR) is 118 cm³/mol. The normalized spacial score (nSPS) is 10.9. The highest BCUT2D eigenvalue weighted by atomic mass is 35.5. The van der Waals surface area contributed by atoms with Gasteiger partial charge in [-0.25, -0.2) is 0 Å². The summed E-state index contributed by atoms with van der Waals surface area (Å²) in [6, 6.07) is 23.8. The minimum Gasteiger partial charge on any atom is -0.399 e. The van der Waals surface area contributed by atoms with Crippen LogP contribution >= 0.6 is 11.6 Å². The number of hydrogen-bond donors (Lipinski definition) is 2. The molecule has 3 rings (SSSR count). The first kappa shape index (κ1) is 20.0. The van der Waals surface area contributed by atoms with E-state index in [1.807, 2.05) is 55.5 Å². The largest absolute Gasteiger partial charge is 0.399 e. The molecule has 3 aromatic carbocycles. The number of nitrogens with two attached hydrogens (primary N) is 1. The van der Waals surface area contributed by atoms with Crippen molar-refractivity contribution < 1.29 is 4.79 Å². The van der Waals surface area contributed by atoms with E-state index in [1.165, 1.54) is 6.20 Å². The zero-order valence-electron chi connectivity index (χ0n) is 15.8. The van der Waals surface area contributed by atoms with Gasteiger partial charge >= 0.3 is 0 Å². The van der Waals surface area contributed by atoms with Crippen molar-refractivity contribution in [1.82, 2.24) is 0 Å². The fourth-order valence-electron chi connectivity index (χ4n) is 2.71. The number of carbonyl (C=O) groups is 1. The van der Waals surface area contributed by atoms with Gasteiger partial charge in [0.1, 0.15) is 11.6 Å². The number of para-hydroxylation sites is 1. The fourth-order valence-corrected chi connectivity index (χ4v) is 2.88. The lowest BCUT2D eigenvalue weighted by atomic mass is 10.1. The maximum absolute atomic E-state index is 12.8. The molecule has 0 saturated heterocycles. The number of anilines is 4. The molecule has 0 saturated carbocycles. The van der Waals surface area contributed by atoms with Crippen molar-refractivity contribution in [2.45, 2.75) is 6.92 Å². The quantitative estimate of drug-likeness (QED) is 0.339. The lowest BCUT2D eigenvalue weighted by molar-refractivity contribution is -0.112. The van der Waals surface area contributed by atoms with Crippen LogP contribution in [0.3, 0.4) is 0 Å². The van der Waals surface area contributed by atoms with Crippen molar-refractivity contribution in [3.05, 3.63) is 95.2 Å². The average Bonchev–Trinajstić information content (AvgIpc) is 2.73. The van der Waals surface area contributed by atoms with Gasteiger partial charge in [-0.2, -0.15) is 5.26 Å². The van der Waals surface area contributed by atoms with Gasteiger partial charge in [0.2, 0.25) is 0 Å². The third-order valence-corrected chi connectivity index (χ3v) is 4.51. The Morgan fingerprint density at radius 2 is 1.72 bits per heavy atom. The number of nitrogen functional groups attached to an aromatic ring is 1. The summed E-state index contributed by atoms with van der Waals surface area (Å²) >= 11 is 6.02. The minimum absolute atomic E-state index is 0.0509. The number of halogens is 1. The van der Waals surface area contributed by atoms with Gasteiger partial charge < -0.3 is 16.0 Å². The maximum atomic E-state index is 12.8. The Labute approximate surface area is 174 Å². The number of benzene rings is 3. The van der Waals surface area contributed by atoms with Crippen molar-refractivity contribution in [3.63, 3.8) is 0 Å². The Balaban J connectivity index is 1.98. The molecule has 0 spiro atoms. The van der Waals surface area contributed by atoms with Crippen LogP contribution in [-0.4, -0.2) is 5.91 Å². The molecule has 3 aromatic rings. The molecule has 144 valence electrons. The molecule has 0 radical (unpaired) electrons. The summed E-state index contributed by atoms with van der Waals surface area (Å²) in [5.41, 5.74) is 9.34. The first-order valence-electron chi connectivity index (χ1n) is 8.87. The van der Waals surface area contributed by atoms with E-state index in [4.69, 9.17) is 17.3 Å². The molecule has 0 atom stereocenters. The summed E-state index contributed by atoms with van der Waals surface area (Å²) in [4.78, 5) is 14.5. The first-order chi connectivity index (χ1) is 14.0. The van der Waals surface area contributed by atoms with Crippen LogP contribution in [0.5, 0.6) is 0 Å². The highest BCUT2D eigenvalue weighted by molar-refractivity contribution is 6.31. The molecule has 0 aliphatic carbocycles. The molecule has 0 aromatic heterocycles. The number of amides is 1. The standard InChI is InChI=1S/C23H19ClN4O/c1-16-7-8-18(24)13-22(16)27-23(29)17(14-25)15-28(20-5-3-2-4-6-20)21-11-9-19(26)10-12-21/h2-13,15H,26H2,1H3,(H,27,29)/b17-15-. The van der Waals surface area contributed by atoms with Gasteiger partial charge in [0.25, 0.3) is 5.91 Å². The van der Waals surface area contributed by atoms with Crippen LogP contribution in [0, 0.1) is 18.3 Å². The van der Waals surface area contributed by atoms with E-state index >= 15 is 0 Å². The highest BCUT2D eigenvalue weighted by Crippen LogP contribution is 2.27. The molecule has 1 amide bonds. The number of rotatable bonds is 5. The van der Waals surface area contributed by atoms with Crippen LogP contribution in [0.2, 0.25) is 5.02 Å². The van der Waals surface area contributed by atoms with Gasteiger partial charge in [-0.3, -0.25) is 4.79 Å². The highest BCUT2D eigenvalue weighted by Gasteiger charge is 2.15. The van der Waals surface area contributed by atoms with Crippen LogP contribution in [0.1, 0.15) is 5.56 Å². The topological polar surface area (TPSA) is 82.2 Å². The summed E-state index contributed by atoms with van der Waals surface area (Å²) in [6.07, 6.45) is 1.51. The molecular weight excluding hydrogens is 384 g/mol. The molecule has 3 N–H and O–H groups in total. The predicted octanol–water partition coefficient (Wildman–Crippen LogP) is 5.41. The molecule has 0 aliphatic rings. The van der Waals surface area contributed by atoms with Gasteiger partial charge in [-0.1, -0.05) is 35.9 Å². The Hall–Kier alpha value is -3.75. The molecule has 29 heavy (non-hydrogen) atoms. The smallest absolute Gasteiger partial charge is 0.267 e.